The molecule has 6 heteroatoms. The third-order valence-electron chi connectivity index (χ3n) is 2.53. The molecule has 90 valence electrons. The highest BCUT2D eigenvalue weighted by Crippen LogP contribution is 2.13. The number of nitrogens with zero attached hydrogens (tertiary/aromatic N) is 1. The fraction of sp³-hybridized carbons (Fsp3) is 0.273. The molecule has 0 aliphatic heterocycles. The van der Waals surface area contributed by atoms with Gasteiger partial charge in [-0.2, -0.15) is 0 Å². The topological polar surface area (TPSA) is 66.9 Å². The predicted molar refractivity (Wildman–Crippen MR) is 67.8 cm³/mol. The molecule has 0 aliphatic rings. The first-order valence-corrected chi connectivity index (χ1v) is 5.58. The van der Waals surface area contributed by atoms with Crippen LogP contribution in [0.25, 0.3) is 10.9 Å². The van der Waals surface area contributed by atoms with Crippen LogP contribution in [0.2, 0.25) is 5.02 Å². The monoisotopic (exact) mass is 253 g/mol. The number of halogens is 1. The minimum Gasteiger partial charge on any atom is -0.318 e. The molecule has 2 aromatic rings. The Morgan fingerprint density at radius 2 is 2.18 bits per heavy atom. The van der Waals surface area contributed by atoms with E-state index >= 15 is 0 Å². The second-order valence-electron chi connectivity index (χ2n) is 3.68. The highest BCUT2D eigenvalue weighted by atomic mass is 35.5. The van der Waals surface area contributed by atoms with Crippen molar-refractivity contribution in [3.63, 3.8) is 0 Å². The van der Waals surface area contributed by atoms with Crippen LogP contribution in [0.3, 0.4) is 0 Å². The number of benzene rings is 1. The van der Waals surface area contributed by atoms with Crippen molar-refractivity contribution < 1.29 is 0 Å². The third kappa shape index (κ3) is 2.25. The van der Waals surface area contributed by atoms with Gasteiger partial charge in [0.2, 0.25) is 0 Å². The summed E-state index contributed by atoms with van der Waals surface area (Å²) in [5.74, 6) is 0. The van der Waals surface area contributed by atoms with Gasteiger partial charge in [-0.1, -0.05) is 11.6 Å². The second kappa shape index (κ2) is 4.73. The van der Waals surface area contributed by atoms with Crippen molar-refractivity contribution in [3.8, 4) is 0 Å². The molecule has 0 bridgehead atoms. The molecular weight excluding hydrogens is 242 g/mol. The Bertz CT molecular complexity index is 660. The van der Waals surface area contributed by atoms with Gasteiger partial charge in [0.1, 0.15) is 0 Å². The summed E-state index contributed by atoms with van der Waals surface area (Å²) in [5.41, 5.74) is -0.246. The Morgan fingerprint density at radius 3 is 2.88 bits per heavy atom. The summed E-state index contributed by atoms with van der Waals surface area (Å²) in [6.07, 6.45) is 0. The maximum absolute atomic E-state index is 12.0. The largest absolute Gasteiger partial charge is 0.328 e. The molecule has 0 fully saturated rings. The van der Waals surface area contributed by atoms with Crippen molar-refractivity contribution in [2.24, 2.45) is 0 Å². The van der Waals surface area contributed by atoms with Gasteiger partial charge in [0, 0.05) is 18.1 Å². The van der Waals surface area contributed by atoms with Crippen LogP contribution in [0, 0.1) is 0 Å². The molecule has 1 aromatic heterocycles. The molecule has 2 rings (SSSR count). The highest BCUT2D eigenvalue weighted by molar-refractivity contribution is 6.31. The van der Waals surface area contributed by atoms with Crippen molar-refractivity contribution >= 4 is 22.5 Å². The van der Waals surface area contributed by atoms with Gasteiger partial charge < -0.3 is 10.3 Å². The molecule has 0 spiro atoms. The van der Waals surface area contributed by atoms with Crippen LogP contribution in [0.1, 0.15) is 0 Å². The summed E-state index contributed by atoms with van der Waals surface area (Å²) in [4.78, 5) is 26.4. The number of hydrogen-bond acceptors (Lipinski definition) is 3. The Labute approximate surface area is 102 Å². The van der Waals surface area contributed by atoms with Crippen molar-refractivity contribution in [1.29, 1.82) is 0 Å². The molecule has 0 radical (unpaired) electrons. The van der Waals surface area contributed by atoms with E-state index < -0.39 is 5.69 Å². The number of aromatic nitrogens is 2. The highest BCUT2D eigenvalue weighted by Gasteiger charge is 2.07. The van der Waals surface area contributed by atoms with Crippen LogP contribution in [0.4, 0.5) is 0 Å². The molecule has 5 nitrogen and oxygen atoms in total. The van der Waals surface area contributed by atoms with Crippen molar-refractivity contribution in [2.75, 3.05) is 13.6 Å². The molecule has 0 atom stereocenters. The average Bonchev–Trinajstić information content (AvgIpc) is 2.28. The molecule has 2 N–H and O–H groups in total. The minimum absolute atomic E-state index is 0.296. The molecule has 0 saturated heterocycles. The van der Waals surface area contributed by atoms with Crippen LogP contribution in [-0.4, -0.2) is 23.1 Å². The fourth-order valence-corrected chi connectivity index (χ4v) is 1.83. The second-order valence-corrected chi connectivity index (χ2v) is 4.12. The molecule has 0 saturated carbocycles. The van der Waals surface area contributed by atoms with Crippen LogP contribution in [0.5, 0.6) is 0 Å². The quantitative estimate of drug-likeness (QED) is 0.840. The van der Waals surface area contributed by atoms with Crippen molar-refractivity contribution in [3.05, 3.63) is 44.1 Å². The first kappa shape index (κ1) is 11.9. The summed E-state index contributed by atoms with van der Waals surface area (Å²) in [7, 11) is 1.76. The normalized spacial score (nSPS) is 10.9. The van der Waals surface area contributed by atoms with Crippen LogP contribution in [0.15, 0.2) is 27.8 Å². The number of hydrogen-bond donors (Lipinski definition) is 2. The lowest BCUT2D eigenvalue weighted by atomic mass is 10.2. The summed E-state index contributed by atoms with van der Waals surface area (Å²) < 4.78 is 1.17. The molecule has 0 amide bonds. The summed E-state index contributed by atoms with van der Waals surface area (Å²) >= 11 is 5.81. The zero-order chi connectivity index (χ0) is 12.4. The van der Waals surface area contributed by atoms with E-state index in [0.29, 0.717) is 29.0 Å². The van der Waals surface area contributed by atoms with E-state index in [1.165, 1.54) is 4.57 Å². The Morgan fingerprint density at radius 1 is 1.41 bits per heavy atom. The van der Waals surface area contributed by atoms with E-state index in [4.69, 9.17) is 11.6 Å². The lowest BCUT2D eigenvalue weighted by Gasteiger charge is -2.05. The van der Waals surface area contributed by atoms with E-state index in [1.54, 1.807) is 25.2 Å². The molecule has 17 heavy (non-hydrogen) atoms. The van der Waals surface area contributed by atoms with Gasteiger partial charge >= 0.3 is 5.69 Å². The van der Waals surface area contributed by atoms with Crippen molar-refractivity contribution in [1.82, 2.24) is 14.9 Å². The zero-order valence-corrected chi connectivity index (χ0v) is 10.0. The smallest absolute Gasteiger partial charge is 0.318 e. The van der Waals surface area contributed by atoms with E-state index in [1.807, 2.05) is 0 Å². The van der Waals surface area contributed by atoms with Gasteiger partial charge in [0.25, 0.3) is 5.56 Å². The van der Waals surface area contributed by atoms with E-state index in [-0.39, 0.29) is 5.56 Å². The van der Waals surface area contributed by atoms with E-state index in [9.17, 15) is 9.59 Å². The van der Waals surface area contributed by atoms with Gasteiger partial charge in [-0.05, 0) is 25.2 Å². The first-order chi connectivity index (χ1) is 8.13. The van der Waals surface area contributed by atoms with E-state index in [2.05, 4.69) is 10.3 Å². The standard InChI is InChI=1S/C11H12ClN3O2/c1-13-4-5-15-10(16)8-3-2-7(12)6-9(8)14-11(15)17/h2-3,6,13H,4-5H2,1H3,(H,14,17). The van der Waals surface area contributed by atoms with Gasteiger partial charge in [-0.3, -0.25) is 9.36 Å². The SMILES string of the molecule is CNCCn1c(=O)[nH]c2cc(Cl)ccc2c1=O. The van der Waals surface area contributed by atoms with Crippen LogP contribution in [-0.2, 0) is 6.54 Å². The maximum atomic E-state index is 12.0. The number of rotatable bonds is 3. The average molecular weight is 254 g/mol. The molecule has 1 aromatic carbocycles. The number of H-pyrrole nitrogens is 1. The Hall–Kier alpha value is -1.59. The Kier molecular flexibility index (Phi) is 3.31. The third-order valence-corrected chi connectivity index (χ3v) is 2.76. The summed E-state index contributed by atoms with van der Waals surface area (Å²) in [6, 6.07) is 4.82. The number of fused-ring (bicyclic) bond motifs is 1. The van der Waals surface area contributed by atoms with Gasteiger partial charge in [-0.15, -0.1) is 0 Å². The first-order valence-electron chi connectivity index (χ1n) is 5.20. The predicted octanol–water partition coefficient (Wildman–Crippen LogP) is 0.563. The van der Waals surface area contributed by atoms with Gasteiger partial charge in [0.15, 0.2) is 0 Å². The minimum atomic E-state index is -0.417. The molecule has 0 aliphatic carbocycles. The zero-order valence-electron chi connectivity index (χ0n) is 9.29. The van der Waals surface area contributed by atoms with Crippen LogP contribution >= 0.6 is 11.6 Å². The molecule has 0 unspecified atom stereocenters. The Balaban J connectivity index is 2.68. The number of likely N-dealkylation sites (N-methyl/N-ethyl adjacent to an activating group) is 1. The summed E-state index contributed by atoms with van der Waals surface area (Å²) in [6.45, 7) is 0.894. The lowest BCUT2D eigenvalue weighted by Crippen LogP contribution is -2.37. The lowest BCUT2D eigenvalue weighted by molar-refractivity contribution is 0.602. The van der Waals surface area contributed by atoms with E-state index in [0.717, 1.165) is 0 Å². The molecular formula is C11H12ClN3O2. The van der Waals surface area contributed by atoms with Gasteiger partial charge in [-0.25, -0.2) is 4.79 Å². The van der Waals surface area contributed by atoms with Crippen molar-refractivity contribution in [2.45, 2.75) is 6.54 Å². The van der Waals surface area contributed by atoms with Gasteiger partial charge in [0.05, 0.1) is 10.9 Å². The number of aromatic amines is 1. The molecule has 1 heterocycles. The fourth-order valence-electron chi connectivity index (χ4n) is 1.65. The maximum Gasteiger partial charge on any atom is 0.328 e. The number of nitrogens with one attached hydrogen (secondary N) is 2. The summed E-state index contributed by atoms with van der Waals surface area (Å²) in [5, 5.41) is 3.84. The van der Waals surface area contributed by atoms with Crippen LogP contribution < -0.4 is 16.6 Å².